The van der Waals surface area contributed by atoms with Crippen molar-refractivity contribution in [1.29, 1.82) is 0 Å². The van der Waals surface area contributed by atoms with E-state index in [0.29, 0.717) is 5.56 Å². The Morgan fingerprint density at radius 1 is 1.19 bits per heavy atom. The van der Waals surface area contributed by atoms with Crippen molar-refractivity contribution < 1.29 is 14.0 Å². The van der Waals surface area contributed by atoms with Crippen molar-refractivity contribution in [2.24, 2.45) is 0 Å². The molecule has 0 bridgehead atoms. The molecular weight excluding hydrogens is 271 g/mol. The standard InChI is InChI=1S/C16H19FN2O2/c17-13-8-4-1-5-11(13)10-18-14-9-15(20)19(16(14)21)12-6-2-3-7-12/h1,4-5,8,12,14,18H,2-3,6-7,9-10H2. The van der Waals surface area contributed by atoms with Gasteiger partial charge in [-0.2, -0.15) is 0 Å². The van der Waals surface area contributed by atoms with Gasteiger partial charge < -0.3 is 5.32 Å². The molecule has 1 aliphatic heterocycles. The topological polar surface area (TPSA) is 49.4 Å². The molecule has 0 spiro atoms. The van der Waals surface area contributed by atoms with E-state index < -0.39 is 6.04 Å². The number of hydrogen-bond donors (Lipinski definition) is 1. The first-order chi connectivity index (χ1) is 10.2. The number of imide groups is 1. The number of carbonyl (C=O) groups is 2. The van der Waals surface area contributed by atoms with Gasteiger partial charge in [0.25, 0.3) is 0 Å². The van der Waals surface area contributed by atoms with Crippen LogP contribution >= 0.6 is 0 Å². The summed E-state index contributed by atoms with van der Waals surface area (Å²) < 4.78 is 13.6. The van der Waals surface area contributed by atoms with Gasteiger partial charge in [0.2, 0.25) is 11.8 Å². The molecule has 3 rings (SSSR count). The molecule has 112 valence electrons. The predicted molar refractivity (Wildman–Crippen MR) is 75.8 cm³/mol. The Morgan fingerprint density at radius 2 is 1.90 bits per heavy atom. The fraction of sp³-hybridized carbons (Fsp3) is 0.500. The van der Waals surface area contributed by atoms with Gasteiger partial charge in [0.05, 0.1) is 12.5 Å². The molecule has 1 aromatic rings. The fourth-order valence-electron chi connectivity index (χ4n) is 3.23. The number of nitrogens with one attached hydrogen (secondary N) is 1. The Labute approximate surface area is 123 Å². The molecule has 2 aliphatic rings. The van der Waals surface area contributed by atoms with Crippen molar-refractivity contribution in [3.63, 3.8) is 0 Å². The SMILES string of the molecule is O=C1CC(NCc2ccccc2F)C(=O)N1C1CCCC1. The quantitative estimate of drug-likeness (QED) is 0.863. The lowest BCUT2D eigenvalue weighted by molar-refractivity contribution is -0.141. The maximum Gasteiger partial charge on any atom is 0.247 e. The first-order valence-corrected chi connectivity index (χ1v) is 7.49. The van der Waals surface area contributed by atoms with Crippen molar-refractivity contribution >= 4 is 11.8 Å². The summed E-state index contributed by atoms with van der Waals surface area (Å²) in [6.45, 7) is 0.259. The second-order valence-corrected chi connectivity index (χ2v) is 5.77. The first kappa shape index (κ1) is 14.2. The van der Waals surface area contributed by atoms with E-state index in [-0.39, 0.29) is 36.6 Å². The predicted octanol–water partition coefficient (Wildman–Crippen LogP) is 1.99. The van der Waals surface area contributed by atoms with Crippen molar-refractivity contribution in [3.05, 3.63) is 35.6 Å². The molecule has 1 heterocycles. The van der Waals surface area contributed by atoms with Gasteiger partial charge >= 0.3 is 0 Å². The van der Waals surface area contributed by atoms with Crippen LogP contribution in [0, 0.1) is 5.82 Å². The van der Waals surface area contributed by atoms with E-state index in [9.17, 15) is 14.0 Å². The second-order valence-electron chi connectivity index (χ2n) is 5.77. The molecule has 0 radical (unpaired) electrons. The maximum atomic E-state index is 13.6. The largest absolute Gasteiger partial charge is 0.301 e. The van der Waals surface area contributed by atoms with Crippen LogP contribution in [0.2, 0.25) is 0 Å². The smallest absolute Gasteiger partial charge is 0.247 e. The molecule has 1 atom stereocenters. The minimum atomic E-state index is -0.516. The molecule has 1 saturated heterocycles. The number of likely N-dealkylation sites (tertiary alicyclic amines) is 1. The average Bonchev–Trinajstić information content (AvgIpc) is 3.07. The van der Waals surface area contributed by atoms with Crippen molar-refractivity contribution in [2.45, 2.75) is 50.7 Å². The number of rotatable bonds is 4. The fourth-order valence-corrected chi connectivity index (χ4v) is 3.23. The van der Waals surface area contributed by atoms with Crippen molar-refractivity contribution in [2.75, 3.05) is 0 Å². The van der Waals surface area contributed by atoms with Gasteiger partial charge in [0.1, 0.15) is 5.82 Å². The number of hydrogen-bond acceptors (Lipinski definition) is 3. The second kappa shape index (κ2) is 5.93. The summed E-state index contributed by atoms with van der Waals surface area (Å²) >= 11 is 0. The Hall–Kier alpha value is -1.75. The third-order valence-electron chi connectivity index (χ3n) is 4.37. The molecule has 21 heavy (non-hydrogen) atoms. The van der Waals surface area contributed by atoms with E-state index in [2.05, 4.69) is 5.32 Å². The third-order valence-corrected chi connectivity index (χ3v) is 4.37. The number of halogens is 1. The van der Waals surface area contributed by atoms with Crippen LogP contribution in [0.4, 0.5) is 4.39 Å². The number of nitrogens with zero attached hydrogens (tertiary/aromatic N) is 1. The Balaban J connectivity index is 1.63. The minimum Gasteiger partial charge on any atom is -0.301 e. The summed E-state index contributed by atoms with van der Waals surface area (Å²) in [5.41, 5.74) is 0.511. The van der Waals surface area contributed by atoms with Crippen LogP contribution in [0.25, 0.3) is 0 Å². The van der Waals surface area contributed by atoms with Crippen molar-refractivity contribution in [3.8, 4) is 0 Å². The summed E-state index contributed by atoms with van der Waals surface area (Å²) in [6, 6.07) is 6.02. The molecule has 1 N–H and O–H groups in total. The van der Waals surface area contributed by atoms with Crippen LogP contribution in [-0.2, 0) is 16.1 Å². The zero-order chi connectivity index (χ0) is 14.8. The first-order valence-electron chi connectivity index (χ1n) is 7.49. The lowest BCUT2D eigenvalue weighted by Crippen LogP contribution is -2.42. The van der Waals surface area contributed by atoms with E-state index in [1.165, 1.54) is 11.0 Å². The Morgan fingerprint density at radius 3 is 2.62 bits per heavy atom. The average molecular weight is 290 g/mol. The molecule has 1 aliphatic carbocycles. The Kier molecular flexibility index (Phi) is 4.01. The molecule has 5 heteroatoms. The summed E-state index contributed by atoms with van der Waals surface area (Å²) in [5.74, 6) is -0.546. The zero-order valence-corrected chi connectivity index (χ0v) is 11.8. The highest BCUT2D eigenvalue weighted by molar-refractivity contribution is 6.05. The van der Waals surface area contributed by atoms with E-state index in [0.717, 1.165) is 25.7 Å². The number of carbonyl (C=O) groups excluding carboxylic acids is 2. The Bertz CT molecular complexity index is 555. The maximum absolute atomic E-state index is 13.6. The molecule has 1 aromatic carbocycles. The van der Waals surface area contributed by atoms with E-state index in [1.807, 2.05) is 0 Å². The number of benzene rings is 1. The molecule has 2 amide bonds. The highest BCUT2D eigenvalue weighted by Gasteiger charge is 2.42. The highest BCUT2D eigenvalue weighted by atomic mass is 19.1. The molecule has 2 fully saturated rings. The molecule has 4 nitrogen and oxygen atoms in total. The van der Waals surface area contributed by atoms with E-state index >= 15 is 0 Å². The lowest BCUT2D eigenvalue weighted by Gasteiger charge is -2.22. The minimum absolute atomic E-state index is 0.0743. The van der Waals surface area contributed by atoms with Crippen LogP contribution in [0.3, 0.4) is 0 Å². The van der Waals surface area contributed by atoms with E-state index in [1.54, 1.807) is 18.2 Å². The zero-order valence-electron chi connectivity index (χ0n) is 11.8. The number of amides is 2. The van der Waals surface area contributed by atoms with Crippen LogP contribution < -0.4 is 5.32 Å². The highest BCUT2D eigenvalue weighted by Crippen LogP contribution is 2.28. The van der Waals surface area contributed by atoms with Gasteiger partial charge in [-0.05, 0) is 18.9 Å². The monoisotopic (exact) mass is 290 g/mol. The lowest BCUT2D eigenvalue weighted by atomic mass is 10.2. The molecule has 0 aromatic heterocycles. The van der Waals surface area contributed by atoms with Gasteiger partial charge in [-0.15, -0.1) is 0 Å². The summed E-state index contributed by atoms with van der Waals surface area (Å²) in [5, 5.41) is 3.02. The van der Waals surface area contributed by atoms with Gasteiger partial charge in [0.15, 0.2) is 0 Å². The third kappa shape index (κ3) is 2.83. The van der Waals surface area contributed by atoms with Gasteiger partial charge in [-0.3, -0.25) is 14.5 Å². The summed E-state index contributed by atoms with van der Waals surface area (Å²) in [4.78, 5) is 25.8. The normalized spacial score (nSPS) is 23.3. The van der Waals surface area contributed by atoms with Crippen LogP contribution in [0.5, 0.6) is 0 Å². The molecular formula is C16H19FN2O2. The molecule has 1 saturated carbocycles. The van der Waals surface area contributed by atoms with Gasteiger partial charge in [-0.1, -0.05) is 31.0 Å². The van der Waals surface area contributed by atoms with Crippen molar-refractivity contribution in [1.82, 2.24) is 10.2 Å². The molecule has 1 unspecified atom stereocenters. The van der Waals surface area contributed by atoms with Crippen LogP contribution in [-0.4, -0.2) is 28.8 Å². The van der Waals surface area contributed by atoms with E-state index in [4.69, 9.17) is 0 Å². The van der Waals surface area contributed by atoms with Crippen LogP contribution in [0.15, 0.2) is 24.3 Å². The van der Waals surface area contributed by atoms with Crippen LogP contribution in [0.1, 0.15) is 37.7 Å². The van der Waals surface area contributed by atoms with Gasteiger partial charge in [-0.25, -0.2) is 4.39 Å². The summed E-state index contributed by atoms with van der Waals surface area (Å²) in [7, 11) is 0. The van der Waals surface area contributed by atoms with Gasteiger partial charge in [0, 0.05) is 18.2 Å². The summed E-state index contributed by atoms with van der Waals surface area (Å²) in [6.07, 6.45) is 4.17.